The van der Waals surface area contributed by atoms with Crippen LogP contribution in [0.5, 0.6) is 0 Å². The highest BCUT2D eigenvalue weighted by molar-refractivity contribution is 6.21. The predicted octanol–water partition coefficient (Wildman–Crippen LogP) is 6.84. The van der Waals surface area contributed by atoms with E-state index < -0.39 is 0 Å². The first kappa shape index (κ1) is 16.8. The Kier molecular flexibility index (Phi) is 3.17. The summed E-state index contributed by atoms with van der Waals surface area (Å²) in [6, 6.07) is 33.2. The molecule has 0 aliphatic rings. The Labute approximate surface area is 179 Å². The second kappa shape index (κ2) is 5.83. The molecule has 0 atom stereocenters. The Bertz CT molecular complexity index is 1850. The van der Waals surface area contributed by atoms with Gasteiger partial charge in [0.25, 0.3) is 5.65 Å². The van der Waals surface area contributed by atoms with Crippen LogP contribution in [0.15, 0.2) is 91.0 Å². The molecule has 0 saturated heterocycles. The van der Waals surface area contributed by atoms with Crippen molar-refractivity contribution in [2.24, 2.45) is 7.05 Å². The molecule has 0 spiro atoms. The maximum Gasteiger partial charge on any atom is 0.295 e. The van der Waals surface area contributed by atoms with Crippen molar-refractivity contribution in [3.8, 4) is 0 Å². The third kappa shape index (κ3) is 2.04. The van der Waals surface area contributed by atoms with Crippen LogP contribution >= 0.6 is 0 Å². The lowest BCUT2D eigenvalue weighted by atomic mass is 10.00. The molecule has 146 valence electrons. The first-order valence-electron chi connectivity index (χ1n) is 10.8. The number of para-hydroxylation sites is 1. The molecule has 2 heteroatoms. The second-order valence-corrected chi connectivity index (χ2v) is 8.55. The van der Waals surface area contributed by atoms with Crippen LogP contribution in [0.1, 0.15) is 5.56 Å². The highest BCUT2D eigenvalue weighted by atomic mass is 15.1. The number of hydrogen-bond acceptors (Lipinski definition) is 0. The molecule has 0 unspecified atom stereocenters. The van der Waals surface area contributed by atoms with Gasteiger partial charge in [0.15, 0.2) is 11.0 Å². The molecule has 2 heterocycles. The molecule has 0 aliphatic carbocycles. The molecule has 0 bridgehead atoms. The fourth-order valence-electron chi connectivity index (χ4n) is 5.53. The van der Waals surface area contributed by atoms with Crippen LogP contribution in [0.4, 0.5) is 0 Å². The molecular formula is C29H21N2+. The van der Waals surface area contributed by atoms with Gasteiger partial charge in [-0.15, -0.1) is 0 Å². The lowest BCUT2D eigenvalue weighted by molar-refractivity contribution is -0.617. The Morgan fingerprint density at radius 1 is 0.613 bits per heavy atom. The topological polar surface area (TPSA) is 8.29 Å². The summed E-state index contributed by atoms with van der Waals surface area (Å²) in [6.45, 7) is 2.22. The van der Waals surface area contributed by atoms with Crippen LogP contribution in [0, 0.1) is 6.92 Å². The maximum absolute atomic E-state index is 2.49. The number of nitrogens with zero attached hydrogens (tertiary/aromatic N) is 2. The monoisotopic (exact) mass is 397 g/mol. The van der Waals surface area contributed by atoms with E-state index in [4.69, 9.17) is 0 Å². The van der Waals surface area contributed by atoms with Crippen molar-refractivity contribution in [3.63, 3.8) is 0 Å². The summed E-state index contributed by atoms with van der Waals surface area (Å²) in [6.07, 6.45) is 0. The Morgan fingerprint density at radius 2 is 1.32 bits per heavy atom. The molecule has 0 saturated carbocycles. The van der Waals surface area contributed by atoms with Crippen LogP contribution in [0.25, 0.3) is 59.9 Å². The summed E-state index contributed by atoms with van der Waals surface area (Å²) in [4.78, 5) is 0. The van der Waals surface area contributed by atoms with Crippen molar-refractivity contribution in [2.75, 3.05) is 0 Å². The van der Waals surface area contributed by atoms with E-state index in [0.717, 1.165) is 0 Å². The van der Waals surface area contributed by atoms with Gasteiger partial charge < -0.3 is 0 Å². The molecule has 2 nitrogen and oxygen atoms in total. The fraction of sp³-hybridized carbons (Fsp3) is 0.0690. The van der Waals surface area contributed by atoms with Crippen molar-refractivity contribution < 1.29 is 4.57 Å². The molecule has 7 rings (SSSR count). The molecule has 31 heavy (non-hydrogen) atoms. The third-order valence-corrected chi connectivity index (χ3v) is 6.91. The van der Waals surface area contributed by atoms with E-state index in [1.807, 2.05) is 0 Å². The number of imidazole rings is 1. The number of aromatic nitrogens is 2. The van der Waals surface area contributed by atoms with E-state index in [2.05, 4.69) is 114 Å². The van der Waals surface area contributed by atoms with Gasteiger partial charge in [-0.3, -0.25) is 0 Å². The normalized spacial score (nSPS) is 12.2. The van der Waals surface area contributed by atoms with Crippen molar-refractivity contribution >= 4 is 59.9 Å². The summed E-state index contributed by atoms with van der Waals surface area (Å²) < 4.78 is 4.87. The van der Waals surface area contributed by atoms with E-state index >= 15 is 0 Å². The van der Waals surface area contributed by atoms with Gasteiger partial charge in [0, 0.05) is 16.2 Å². The van der Waals surface area contributed by atoms with Crippen molar-refractivity contribution in [3.05, 3.63) is 96.6 Å². The predicted molar refractivity (Wildman–Crippen MR) is 131 cm³/mol. The van der Waals surface area contributed by atoms with Gasteiger partial charge >= 0.3 is 0 Å². The summed E-state index contributed by atoms with van der Waals surface area (Å²) in [7, 11) is 2.20. The minimum Gasteiger partial charge on any atom is -0.225 e. The summed E-state index contributed by atoms with van der Waals surface area (Å²) in [5.74, 6) is 0. The SMILES string of the molecule is Cc1cccc2c3ccccc3n3c4c5c(ccc6ccccc65)ccc4[n+](C)c3c12. The first-order chi connectivity index (χ1) is 15.2. The molecule has 0 aliphatic heterocycles. The number of fused-ring (bicyclic) bond motifs is 12. The third-order valence-electron chi connectivity index (χ3n) is 6.91. The summed E-state index contributed by atoms with van der Waals surface area (Å²) in [5, 5.41) is 9.12. The molecule has 5 aromatic carbocycles. The zero-order valence-electron chi connectivity index (χ0n) is 17.6. The van der Waals surface area contributed by atoms with E-state index in [9.17, 15) is 0 Å². The van der Waals surface area contributed by atoms with Gasteiger partial charge in [0.05, 0.1) is 12.4 Å². The number of pyridine rings is 1. The lowest BCUT2D eigenvalue weighted by Gasteiger charge is -2.07. The molecule has 7 aromatic rings. The van der Waals surface area contributed by atoms with Gasteiger partial charge in [-0.2, -0.15) is 4.40 Å². The molecule has 0 radical (unpaired) electrons. The van der Waals surface area contributed by atoms with Crippen LogP contribution in [0.3, 0.4) is 0 Å². The van der Waals surface area contributed by atoms with Gasteiger partial charge in [0.2, 0.25) is 0 Å². The molecule has 2 aromatic heterocycles. The van der Waals surface area contributed by atoms with Crippen molar-refractivity contribution in [1.82, 2.24) is 4.40 Å². The maximum atomic E-state index is 2.49. The molecule has 0 fully saturated rings. The van der Waals surface area contributed by atoms with Crippen LogP contribution in [-0.2, 0) is 7.05 Å². The zero-order chi connectivity index (χ0) is 20.7. The molecular weight excluding hydrogens is 376 g/mol. The van der Waals surface area contributed by atoms with E-state index in [-0.39, 0.29) is 0 Å². The Balaban J connectivity index is 1.94. The Morgan fingerprint density at radius 3 is 2.23 bits per heavy atom. The standard InChI is InChI=1S/C29H21N2/c1-18-8-7-12-23-22-11-5-6-13-24(22)31-28-25(30(2)29(31)26(18)23)17-16-20-15-14-19-9-3-4-10-21(19)27(20)28/h3-17H,1-2H3/q+1. The molecule has 0 N–H and O–H groups in total. The fourth-order valence-corrected chi connectivity index (χ4v) is 5.53. The van der Waals surface area contributed by atoms with E-state index in [0.29, 0.717) is 0 Å². The van der Waals surface area contributed by atoms with Crippen LogP contribution in [-0.4, -0.2) is 4.40 Å². The zero-order valence-corrected chi connectivity index (χ0v) is 17.6. The average Bonchev–Trinajstić information content (AvgIpc) is 3.12. The second-order valence-electron chi connectivity index (χ2n) is 8.55. The molecule has 0 amide bonds. The van der Waals surface area contributed by atoms with E-state index in [1.54, 1.807) is 0 Å². The van der Waals surface area contributed by atoms with Gasteiger partial charge in [-0.05, 0) is 46.8 Å². The minimum atomic E-state index is 1.25. The van der Waals surface area contributed by atoms with Crippen LogP contribution < -0.4 is 4.57 Å². The Hall–Kier alpha value is -3.91. The van der Waals surface area contributed by atoms with Gasteiger partial charge in [-0.25, -0.2) is 4.57 Å². The first-order valence-corrected chi connectivity index (χ1v) is 10.8. The van der Waals surface area contributed by atoms with Crippen molar-refractivity contribution in [1.29, 1.82) is 0 Å². The number of aryl methyl sites for hydroxylation is 2. The largest absolute Gasteiger partial charge is 0.295 e. The lowest BCUT2D eigenvalue weighted by Crippen LogP contribution is -2.27. The smallest absolute Gasteiger partial charge is 0.225 e. The quantitative estimate of drug-likeness (QED) is 0.196. The highest BCUT2D eigenvalue weighted by Gasteiger charge is 2.26. The highest BCUT2D eigenvalue weighted by Crippen LogP contribution is 2.37. The summed E-state index contributed by atoms with van der Waals surface area (Å²) >= 11 is 0. The van der Waals surface area contributed by atoms with Gasteiger partial charge in [0.1, 0.15) is 5.52 Å². The number of hydrogen-bond donors (Lipinski definition) is 0. The van der Waals surface area contributed by atoms with Crippen LogP contribution in [0.2, 0.25) is 0 Å². The average molecular weight is 398 g/mol. The van der Waals surface area contributed by atoms with E-state index in [1.165, 1.54) is 65.5 Å². The van der Waals surface area contributed by atoms with Crippen molar-refractivity contribution in [2.45, 2.75) is 6.92 Å². The van der Waals surface area contributed by atoms with Gasteiger partial charge in [-0.1, -0.05) is 72.8 Å². The summed E-state index contributed by atoms with van der Waals surface area (Å²) in [5.41, 5.74) is 6.35. The number of rotatable bonds is 0. The number of benzene rings is 5. The minimum absolute atomic E-state index is 1.25.